The molecule has 0 aliphatic carbocycles. The zero-order valence-electron chi connectivity index (χ0n) is 19.6. The van der Waals surface area contributed by atoms with Gasteiger partial charge in [-0.1, -0.05) is 47.1 Å². The van der Waals surface area contributed by atoms with Crippen LogP contribution >= 0.6 is 15.9 Å². The van der Waals surface area contributed by atoms with E-state index in [1.165, 1.54) is 5.56 Å². The van der Waals surface area contributed by atoms with E-state index >= 15 is 0 Å². The Kier molecular flexibility index (Phi) is 8.01. The second-order valence-electron chi connectivity index (χ2n) is 8.37. The van der Waals surface area contributed by atoms with Gasteiger partial charge < -0.3 is 14.6 Å². The fourth-order valence-corrected chi connectivity index (χ4v) is 4.25. The molecule has 4 rings (SSSR count). The van der Waals surface area contributed by atoms with Crippen LogP contribution in [0, 0.1) is 0 Å². The van der Waals surface area contributed by atoms with Gasteiger partial charge in [-0.05, 0) is 80.3 Å². The highest BCUT2D eigenvalue weighted by atomic mass is 79.9. The second-order valence-corrected chi connectivity index (χ2v) is 9.28. The Hall–Kier alpha value is -3.12. The zero-order chi connectivity index (χ0) is 23.9. The van der Waals surface area contributed by atoms with Crippen molar-refractivity contribution in [2.24, 2.45) is 0 Å². The van der Waals surface area contributed by atoms with Crippen LogP contribution in [-0.4, -0.2) is 22.1 Å². The minimum Gasteiger partial charge on any atom is -0.494 e. The van der Waals surface area contributed by atoms with E-state index in [-0.39, 0.29) is 11.9 Å². The number of imidazole rings is 1. The highest BCUT2D eigenvalue weighted by Crippen LogP contribution is 2.22. The van der Waals surface area contributed by atoms with E-state index < -0.39 is 0 Å². The van der Waals surface area contributed by atoms with Crippen LogP contribution < -0.4 is 10.1 Å². The molecule has 34 heavy (non-hydrogen) atoms. The molecule has 1 N–H and O–H groups in total. The Morgan fingerprint density at radius 1 is 1.03 bits per heavy atom. The predicted molar refractivity (Wildman–Crippen MR) is 140 cm³/mol. The van der Waals surface area contributed by atoms with Crippen molar-refractivity contribution < 1.29 is 9.53 Å². The number of unbranched alkanes of at least 4 members (excludes halogenated alkanes) is 1. The number of benzene rings is 3. The van der Waals surface area contributed by atoms with Gasteiger partial charge in [0.05, 0.1) is 23.7 Å². The Morgan fingerprint density at radius 3 is 2.50 bits per heavy atom. The van der Waals surface area contributed by atoms with Crippen molar-refractivity contribution in [2.75, 3.05) is 6.61 Å². The number of para-hydroxylation sites is 2. The molecule has 0 saturated heterocycles. The van der Waals surface area contributed by atoms with Crippen molar-refractivity contribution in [3.05, 3.63) is 94.2 Å². The van der Waals surface area contributed by atoms with Crippen LogP contribution in [-0.2, 0) is 13.0 Å². The van der Waals surface area contributed by atoms with Gasteiger partial charge in [0.15, 0.2) is 0 Å². The van der Waals surface area contributed by atoms with Gasteiger partial charge in [0.25, 0.3) is 5.91 Å². The number of halogens is 1. The minimum absolute atomic E-state index is 0.110. The van der Waals surface area contributed by atoms with E-state index in [4.69, 9.17) is 9.72 Å². The summed E-state index contributed by atoms with van der Waals surface area (Å²) >= 11 is 3.41. The maximum atomic E-state index is 12.8. The van der Waals surface area contributed by atoms with E-state index in [9.17, 15) is 4.79 Å². The third-order valence-corrected chi connectivity index (χ3v) is 6.43. The first kappa shape index (κ1) is 24.0. The molecule has 1 amide bonds. The van der Waals surface area contributed by atoms with Crippen molar-refractivity contribution in [3.63, 3.8) is 0 Å². The van der Waals surface area contributed by atoms with Crippen molar-refractivity contribution >= 4 is 32.9 Å². The summed E-state index contributed by atoms with van der Waals surface area (Å²) in [5.74, 6) is 1.67. The van der Waals surface area contributed by atoms with E-state index in [1.807, 2.05) is 61.5 Å². The smallest absolute Gasteiger partial charge is 0.251 e. The molecule has 0 aliphatic rings. The molecule has 176 valence electrons. The maximum Gasteiger partial charge on any atom is 0.251 e. The average molecular weight is 520 g/mol. The standard InChI is InChI=1S/C28H30BrN3O2/c1-3-21-10-16-24(17-11-21)34-19-7-6-18-32-26-9-5-4-8-25(26)31-27(32)20(2)30-28(33)22-12-14-23(29)15-13-22/h4-5,8-17,20H,3,6-7,18-19H2,1-2H3,(H,30,33). The van der Waals surface area contributed by atoms with Gasteiger partial charge in [0.1, 0.15) is 11.6 Å². The van der Waals surface area contributed by atoms with Crippen LogP contribution in [0.4, 0.5) is 0 Å². The summed E-state index contributed by atoms with van der Waals surface area (Å²) in [5, 5.41) is 3.10. The molecular formula is C28H30BrN3O2. The lowest BCUT2D eigenvalue weighted by Gasteiger charge is -2.17. The molecule has 5 nitrogen and oxygen atoms in total. The van der Waals surface area contributed by atoms with Crippen molar-refractivity contribution in [1.29, 1.82) is 0 Å². The Bertz CT molecular complexity index is 1230. The Morgan fingerprint density at radius 2 is 1.76 bits per heavy atom. The normalized spacial score (nSPS) is 12.0. The molecule has 0 spiro atoms. The van der Waals surface area contributed by atoms with E-state index in [2.05, 4.69) is 50.9 Å². The summed E-state index contributed by atoms with van der Waals surface area (Å²) in [4.78, 5) is 17.6. The summed E-state index contributed by atoms with van der Waals surface area (Å²) in [5.41, 5.74) is 3.96. The molecule has 0 fully saturated rings. The van der Waals surface area contributed by atoms with Crippen LogP contribution in [0.25, 0.3) is 11.0 Å². The number of rotatable bonds is 10. The van der Waals surface area contributed by atoms with Crippen LogP contribution in [0.5, 0.6) is 5.75 Å². The SMILES string of the molecule is CCc1ccc(OCCCCn2c(C(C)NC(=O)c3ccc(Br)cc3)nc3ccccc32)cc1. The molecule has 3 aromatic carbocycles. The Balaban J connectivity index is 1.40. The van der Waals surface area contributed by atoms with Gasteiger partial charge in [-0.15, -0.1) is 0 Å². The number of hydrogen-bond acceptors (Lipinski definition) is 3. The van der Waals surface area contributed by atoms with Crippen molar-refractivity contribution in [3.8, 4) is 5.75 Å². The summed E-state index contributed by atoms with van der Waals surface area (Å²) < 4.78 is 9.08. The summed E-state index contributed by atoms with van der Waals surface area (Å²) in [6.45, 7) is 5.62. The zero-order valence-corrected chi connectivity index (χ0v) is 21.2. The maximum absolute atomic E-state index is 12.8. The first-order valence-electron chi connectivity index (χ1n) is 11.8. The van der Waals surface area contributed by atoms with E-state index in [0.29, 0.717) is 12.2 Å². The lowest BCUT2D eigenvalue weighted by molar-refractivity contribution is 0.0937. The molecule has 1 heterocycles. The summed E-state index contributed by atoms with van der Waals surface area (Å²) in [6, 6.07) is 23.6. The number of hydrogen-bond donors (Lipinski definition) is 1. The number of aromatic nitrogens is 2. The van der Waals surface area contributed by atoms with Crippen molar-refractivity contribution in [2.45, 2.75) is 45.7 Å². The average Bonchev–Trinajstić information content (AvgIpc) is 3.23. The molecule has 4 aromatic rings. The molecule has 6 heteroatoms. The third kappa shape index (κ3) is 5.86. The summed E-state index contributed by atoms with van der Waals surface area (Å²) in [7, 11) is 0. The van der Waals surface area contributed by atoms with E-state index in [1.54, 1.807) is 0 Å². The molecule has 1 atom stereocenters. The molecule has 1 aromatic heterocycles. The molecular weight excluding hydrogens is 490 g/mol. The predicted octanol–water partition coefficient (Wildman–Crippen LogP) is 6.71. The van der Waals surface area contributed by atoms with E-state index in [0.717, 1.165) is 52.9 Å². The third-order valence-electron chi connectivity index (χ3n) is 5.90. The number of aryl methyl sites for hydroxylation is 2. The number of ether oxygens (including phenoxy) is 1. The van der Waals surface area contributed by atoms with Crippen molar-refractivity contribution in [1.82, 2.24) is 14.9 Å². The molecule has 1 unspecified atom stereocenters. The number of nitrogens with one attached hydrogen (secondary N) is 1. The number of fused-ring (bicyclic) bond motifs is 1. The van der Waals surface area contributed by atoms with Gasteiger partial charge in [0.2, 0.25) is 0 Å². The lowest BCUT2D eigenvalue weighted by Crippen LogP contribution is -2.28. The number of nitrogens with zero attached hydrogens (tertiary/aromatic N) is 2. The molecule has 0 bridgehead atoms. The highest BCUT2D eigenvalue weighted by molar-refractivity contribution is 9.10. The largest absolute Gasteiger partial charge is 0.494 e. The topological polar surface area (TPSA) is 56.1 Å². The number of carbonyl (C=O) groups excluding carboxylic acids is 1. The van der Waals surface area contributed by atoms with Gasteiger partial charge in [-0.3, -0.25) is 4.79 Å². The van der Waals surface area contributed by atoms with Crippen LogP contribution in [0.15, 0.2) is 77.3 Å². The second kappa shape index (κ2) is 11.3. The number of carbonyl (C=O) groups is 1. The Labute approximate surface area is 209 Å². The van der Waals surface area contributed by atoms with Crippen LogP contribution in [0.1, 0.15) is 54.5 Å². The van der Waals surface area contributed by atoms with Gasteiger partial charge in [-0.2, -0.15) is 0 Å². The minimum atomic E-state index is -0.225. The monoisotopic (exact) mass is 519 g/mol. The molecule has 0 saturated carbocycles. The van der Waals surface area contributed by atoms with Crippen LogP contribution in [0.3, 0.4) is 0 Å². The van der Waals surface area contributed by atoms with Gasteiger partial charge in [-0.25, -0.2) is 4.98 Å². The molecule has 0 radical (unpaired) electrons. The fraction of sp³-hybridized carbons (Fsp3) is 0.286. The molecule has 0 aliphatic heterocycles. The highest BCUT2D eigenvalue weighted by Gasteiger charge is 2.19. The number of amides is 1. The first-order chi connectivity index (χ1) is 16.5. The summed E-state index contributed by atoms with van der Waals surface area (Å²) in [6.07, 6.45) is 2.92. The first-order valence-corrected chi connectivity index (χ1v) is 12.6. The lowest BCUT2D eigenvalue weighted by atomic mass is 10.2. The van der Waals surface area contributed by atoms with Gasteiger partial charge in [0, 0.05) is 16.6 Å². The van der Waals surface area contributed by atoms with Crippen LogP contribution in [0.2, 0.25) is 0 Å². The fourth-order valence-electron chi connectivity index (χ4n) is 3.99. The van der Waals surface area contributed by atoms with Gasteiger partial charge >= 0.3 is 0 Å². The quantitative estimate of drug-likeness (QED) is 0.237.